The Bertz CT molecular complexity index is 1680. The summed E-state index contributed by atoms with van der Waals surface area (Å²) in [6.07, 6.45) is 7.82. The summed E-state index contributed by atoms with van der Waals surface area (Å²) in [7, 11) is 1.61. The molecule has 228 valence electrons. The zero-order valence-electron chi connectivity index (χ0n) is 23.8. The second kappa shape index (κ2) is 14.4. The molecule has 9 nitrogen and oxygen atoms in total. The van der Waals surface area contributed by atoms with Crippen molar-refractivity contribution >= 4 is 96.0 Å². The van der Waals surface area contributed by atoms with Crippen LogP contribution in [0.25, 0.3) is 16.3 Å². The third-order valence-corrected chi connectivity index (χ3v) is 11.7. The number of thiazole rings is 1. The highest BCUT2D eigenvalue weighted by Crippen LogP contribution is 2.36. The van der Waals surface area contributed by atoms with Crippen LogP contribution in [-0.2, 0) is 15.3 Å². The van der Waals surface area contributed by atoms with Crippen LogP contribution in [0, 0.1) is 0 Å². The fourth-order valence-corrected chi connectivity index (χ4v) is 8.99. The van der Waals surface area contributed by atoms with Gasteiger partial charge in [0.15, 0.2) is 15.8 Å². The smallest absolute Gasteiger partial charge is 0.266 e. The number of para-hydroxylation sites is 1. The monoisotopic (exact) mass is 683 g/mol. The van der Waals surface area contributed by atoms with Crippen LogP contribution in [0.1, 0.15) is 49.1 Å². The van der Waals surface area contributed by atoms with Gasteiger partial charge in [0.25, 0.3) is 5.91 Å². The number of hydrogen-bond donors (Lipinski definition) is 1. The number of nitrogens with zero attached hydrogens (tertiary/aromatic N) is 4. The average Bonchev–Trinajstić information content (AvgIpc) is 3.73. The Hall–Kier alpha value is -3.04. The third kappa shape index (κ3) is 7.60. The number of anilines is 1. The van der Waals surface area contributed by atoms with Crippen LogP contribution < -0.4 is 14.8 Å². The van der Waals surface area contributed by atoms with Crippen molar-refractivity contribution in [3.8, 4) is 11.5 Å². The number of methoxy groups -OCH3 is 1. The molecule has 4 aromatic rings. The van der Waals surface area contributed by atoms with Crippen LogP contribution in [0.4, 0.5) is 5.13 Å². The quantitative estimate of drug-likeness (QED) is 0.0977. The Balaban J connectivity index is 0.999. The summed E-state index contributed by atoms with van der Waals surface area (Å²) in [6, 6.07) is 13.7. The van der Waals surface area contributed by atoms with Crippen molar-refractivity contribution in [3.05, 3.63) is 57.9 Å². The minimum absolute atomic E-state index is 0.0795. The Morgan fingerprint density at radius 2 is 1.98 bits per heavy atom. The van der Waals surface area contributed by atoms with Gasteiger partial charge >= 0.3 is 0 Å². The van der Waals surface area contributed by atoms with Crippen LogP contribution in [0.15, 0.2) is 51.7 Å². The molecule has 1 aliphatic carbocycles. The predicted molar refractivity (Wildman–Crippen MR) is 183 cm³/mol. The van der Waals surface area contributed by atoms with Gasteiger partial charge in [0.2, 0.25) is 11.0 Å². The molecule has 2 fully saturated rings. The van der Waals surface area contributed by atoms with Gasteiger partial charge in [-0.25, -0.2) is 4.98 Å². The number of amides is 2. The van der Waals surface area contributed by atoms with E-state index in [2.05, 4.69) is 26.6 Å². The van der Waals surface area contributed by atoms with E-state index in [9.17, 15) is 9.59 Å². The molecule has 0 radical (unpaired) electrons. The van der Waals surface area contributed by atoms with E-state index >= 15 is 0 Å². The van der Waals surface area contributed by atoms with E-state index in [4.69, 9.17) is 21.7 Å². The molecule has 2 aliphatic rings. The molecule has 44 heavy (non-hydrogen) atoms. The first-order chi connectivity index (χ1) is 21.4. The van der Waals surface area contributed by atoms with Crippen LogP contribution in [0.3, 0.4) is 0 Å². The molecule has 14 heteroatoms. The van der Waals surface area contributed by atoms with Crippen molar-refractivity contribution in [2.75, 3.05) is 19.0 Å². The highest BCUT2D eigenvalue weighted by atomic mass is 32.2. The number of carbonyl (C=O) groups is 2. The lowest BCUT2D eigenvalue weighted by Gasteiger charge is -2.24. The van der Waals surface area contributed by atoms with E-state index < -0.39 is 0 Å². The number of hydrogen-bond acceptors (Lipinski definition) is 12. The summed E-state index contributed by atoms with van der Waals surface area (Å²) in [5, 5.41) is 12.3. The molecule has 0 bridgehead atoms. The van der Waals surface area contributed by atoms with Gasteiger partial charge in [0, 0.05) is 13.0 Å². The van der Waals surface area contributed by atoms with Crippen molar-refractivity contribution < 1.29 is 19.1 Å². The topological polar surface area (TPSA) is 107 Å². The number of aromatic nitrogens is 3. The van der Waals surface area contributed by atoms with Gasteiger partial charge in [-0.3, -0.25) is 14.5 Å². The maximum Gasteiger partial charge on any atom is 0.266 e. The lowest BCUT2D eigenvalue weighted by atomic mass is 9.98. The lowest BCUT2D eigenvalue weighted by molar-refractivity contribution is -0.122. The number of rotatable bonds is 11. The molecule has 2 aromatic carbocycles. The Morgan fingerprint density at radius 1 is 1.14 bits per heavy atom. The zero-order valence-corrected chi connectivity index (χ0v) is 27.9. The molecule has 1 saturated heterocycles. The van der Waals surface area contributed by atoms with E-state index in [1.807, 2.05) is 36.4 Å². The summed E-state index contributed by atoms with van der Waals surface area (Å²) >= 11 is 11.3. The summed E-state index contributed by atoms with van der Waals surface area (Å²) < 4.78 is 14.3. The van der Waals surface area contributed by atoms with Gasteiger partial charge in [0.05, 0.1) is 34.1 Å². The van der Waals surface area contributed by atoms with Gasteiger partial charge in [-0.2, -0.15) is 0 Å². The normalized spacial score (nSPS) is 16.7. The number of thiocarbonyl (C=S) groups is 1. The molecule has 6 rings (SSSR count). The minimum Gasteiger partial charge on any atom is -0.493 e. The van der Waals surface area contributed by atoms with E-state index in [0.29, 0.717) is 31.6 Å². The number of fused-ring (bicyclic) bond motifs is 1. The molecular formula is C30H29N5O4S5. The summed E-state index contributed by atoms with van der Waals surface area (Å²) in [5.41, 5.74) is 1.79. The van der Waals surface area contributed by atoms with Crippen LogP contribution in [0.5, 0.6) is 11.5 Å². The Morgan fingerprint density at radius 3 is 2.80 bits per heavy atom. The van der Waals surface area contributed by atoms with Gasteiger partial charge in [-0.1, -0.05) is 71.7 Å². The van der Waals surface area contributed by atoms with E-state index in [1.54, 1.807) is 36.3 Å². The average molecular weight is 684 g/mol. The van der Waals surface area contributed by atoms with E-state index in [-0.39, 0.29) is 30.9 Å². The first kappa shape index (κ1) is 31.0. The van der Waals surface area contributed by atoms with Crippen molar-refractivity contribution in [1.29, 1.82) is 0 Å². The molecule has 0 spiro atoms. The van der Waals surface area contributed by atoms with Gasteiger partial charge < -0.3 is 14.8 Å². The van der Waals surface area contributed by atoms with Crippen molar-refractivity contribution in [2.45, 2.75) is 54.7 Å². The SMILES string of the molecule is COc1cc(/C=C2\SC(=S)N(CCC(=O)Nc3nnc(CSc4nc5ccccc5s4)s3)C2=O)ccc1OC1CCCCC1. The second-order valence-electron chi connectivity index (χ2n) is 10.2. The number of benzene rings is 2. The van der Waals surface area contributed by atoms with Gasteiger partial charge in [-0.15, -0.1) is 21.5 Å². The first-order valence-electron chi connectivity index (χ1n) is 14.2. The maximum absolute atomic E-state index is 13.2. The summed E-state index contributed by atoms with van der Waals surface area (Å²) in [6.45, 7) is 0.171. The van der Waals surface area contributed by atoms with Crippen LogP contribution >= 0.6 is 58.4 Å². The van der Waals surface area contributed by atoms with Crippen molar-refractivity contribution in [2.24, 2.45) is 0 Å². The Labute approximate surface area is 276 Å². The van der Waals surface area contributed by atoms with Gasteiger partial charge in [0.1, 0.15) is 9.33 Å². The molecule has 1 N–H and O–H groups in total. The lowest BCUT2D eigenvalue weighted by Crippen LogP contribution is -2.31. The van der Waals surface area contributed by atoms with E-state index in [0.717, 1.165) is 38.0 Å². The maximum atomic E-state index is 13.2. The van der Waals surface area contributed by atoms with Gasteiger partial charge in [-0.05, 0) is 61.6 Å². The fraction of sp³-hybridized carbons (Fsp3) is 0.333. The molecule has 0 unspecified atom stereocenters. The molecule has 0 atom stereocenters. The molecule has 1 aliphatic heterocycles. The second-order valence-corrected chi connectivity index (χ2v) is 15.1. The predicted octanol–water partition coefficient (Wildman–Crippen LogP) is 7.39. The summed E-state index contributed by atoms with van der Waals surface area (Å²) in [4.78, 5) is 32.4. The number of nitrogens with one attached hydrogen (secondary N) is 1. The number of carbonyl (C=O) groups excluding carboxylic acids is 2. The van der Waals surface area contributed by atoms with E-state index in [1.165, 1.54) is 47.3 Å². The van der Waals surface area contributed by atoms with Crippen molar-refractivity contribution in [1.82, 2.24) is 20.1 Å². The molecule has 2 amide bonds. The molecule has 2 aromatic heterocycles. The minimum atomic E-state index is -0.261. The largest absolute Gasteiger partial charge is 0.493 e. The molecule has 3 heterocycles. The number of ether oxygens (including phenoxy) is 2. The molecule has 1 saturated carbocycles. The summed E-state index contributed by atoms with van der Waals surface area (Å²) in [5.74, 6) is 1.47. The molecular weight excluding hydrogens is 655 g/mol. The zero-order chi connectivity index (χ0) is 30.5. The fourth-order valence-electron chi connectivity index (χ4n) is 4.87. The first-order valence-corrected chi connectivity index (χ1v) is 18.0. The highest BCUT2D eigenvalue weighted by molar-refractivity contribution is 8.26. The highest BCUT2D eigenvalue weighted by Gasteiger charge is 2.32. The Kier molecular flexibility index (Phi) is 10.1. The standard InChI is InChI=1S/C30H29N5O4S5/c1-38-22-15-18(11-12-21(22)39-19-7-3-2-4-8-19)16-24-27(37)35(30(40)43-24)14-13-25(36)32-28-34-33-26(44-28)17-41-29-31-20-9-5-6-10-23(20)42-29/h5-6,9-12,15-16,19H,2-4,7-8,13-14,17H2,1H3,(H,32,34,36)/b24-16-. The van der Waals surface area contributed by atoms with Crippen molar-refractivity contribution in [3.63, 3.8) is 0 Å². The number of thioether (sulfide) groups is 2. The third-order valence-electron chi connectivity index (χ3n) is 7.07. The van der Waals surface area contributed by atoms with Crippen LogP contribution in [0.2, 0.25) is 0 Å². The van der Waals surface area contributed by atoms with Crippen LogP contribution in [-0.4, -0.2) is 56.0 Å².